The second-order valence-corrected chi connectivity index (χ2v) is 3.86. The zero-order valence-electron chi connectivity index (χ0n) is 10.9. The second-order valence-electron chi connectivity index (χ2n) is 3.86. The highest BCUT2D eigenvalue weighted by molar-refractivity contribution is 5.85. The zero-order valence-corrected chi connectivity index (χ0v) is 10.9. The smallest absolute Gasteiger partial charge is 0.274 e. The summed E-state index contributed by atoms with van der Waals surface area (Å²) in [5, 5.41) is 21.1. The lowest BCUT2D eigenvalue weighted by Crippen LogP contribution is -2.15. The van der Waals surface area contributed by atoms with Crippen LogP contribution in [0.2, 0.25) is 0 Å². The molecule has 0 saturated heterocycles. The summed E-state index contributed by atoms with van der Waals surface area (Å²) < 4.78 is 4.98. The Labute approximate surface area is 114 Å². The fourth-order valence-electron chi connectivity index (χ4n) is 1.41. The highest BCUT2D eigenvalue weighted by atomic mass is 16.5. The lowest BCUT2D eigenvalue weighted by molar-refractivity contribution is 0.373. The van der Waals surface area contributed by atoms with Crippen LogP contribution in [-0.2, 0) is 0 Å². The van der Waals surface area contributed by atoms with Gasteiger partial charge in [0.25, 0.3) is 5.56 Å². The Morgan fingerprint density at radius 2 is 2.25 bits per heavy atom. The predicted molar refractivity (Wildman–Crippen MR) is 73.3 cm³/mol. The van der Waals surface area contributed by atoms with Gasteiger partial charge in [0.15, 0.2) is 11.5 Å². The Morgan fingerprint density at radius 1 is 1.45 bits per heavy atom. The van der Waals surface area contributed by atoms with E-state index >= 15 is 0 Å². The van der Waals surface area contributed by atoms with Crippen molar-refractivity contribution < 1.29 is 9.84 Å². The molecule has 0 bridgehead atoms. The summed E-state index contributed by atoms with van der Waals surface area (Å²) in [7, 11) is 1.46. The molecular weight excluding hydrogens is 262 g/mol. The van der Waals surface area contributed by atoms with E-state index in [1.54, 1.807) is 25.1 Å². The van der Waals surface area contributed by atoms with Crippen LogP contribution >= 0.6 is 0 Å². The van der Waals surface area contributed by atoms with Crippen LogP contribution in [0.4, 0.5) is 5.95 Å². The molecule has 8 nitrogen and oxygen atoms in total. The number of hydrogen-bond donors (Lipinski definition) is 3. The average molecular weight is 275 g/mol. The number of H-pyrrole nitrogens is 1. The number of aromatic hydroxyl groups is 1. The number of phenolic OH excluding ortho intramolecular Hbond substituents is 1. The van der Waals surface area contributed by atoms with Crippen molar-refractivity contribution in [3.63, 3.8) is 0 Å². The van der Waals surface area contributed by atoms with E-state index in [1.165, 1.54) is 13.3 Å². The Bertz CT molecular complexity index is 696. The van der Waals surface area contributed by atoms with Crippen molar-refractivity contribution in [1.82, 2.24) is 15.2 Å². The minimum absolute atomic E-state index is 0.0240. The van der Waals surface area contributed by atoms with Gasteiger partial charge in [0.05, 0.1) is 13.3 Å². The van der Waals surface area contributed by atoms with Crippen LogP contribution < -0.4 is 15.7 Å². The van der Waals surface area contributed by atoms with Gasteiger partial charge in [-0.1, -0.05) is 6.07 Å². The van der Waals surface area contributed by atoms with Crippen LogP contribution in [-0.4, -0.2) is 33.6 Å². The maximum atomic E-state index is 11.3. The molecule has 104 valence electrons. The van der Waals surface area contributed by atoms with Crippen LogP contribution in [0.3, 0.4) is 0 Å². The van der Waals surface area contributed by atoms with Crippen LogP contribution in [0, 0.1) is 6.92 Å². The molecule has 0 saturated carbocycles. The molecule has 1 heterocycles. The SMILES string of the molecule is COc1cccc(/C=N\Nc2nnc(C)c(=O)[nH]2)c1O. The molecular formula is C12H13N5O3. The van der Waals surface area contributed by atoms with Gasteiger partial charge in [0.1, 0.15) is 5.69 Å². The largest absolute Gasteiger partial charge is 0.504 e. The van der Waals surface area contributed by atoms with E-state index in [2.05, 4.69) is 25.7 Å². The predicted octanol–water partition coefficient (Wildman–Crippen LogP) is 0.634. The molecule has 0 aliphatic rings. The molecule has 2 rings (SSSR count). The lowest BCUT2D eigenvalue weighted by atomic mass is 10.2. The van der Waals surface area contributed by atoms with Crippen molar-refractivity contribution >= 4 is 12.2 Å². The van der Waals surface area contributed by atoms with Crippen molar-refractivity contribution in [2.45, 2.75) is 6.92 Å². The normalized spacial score (nSPS) is 10.7. The number of benzene rings is 1. The highest BCUT2D eigenvalue weighted by Crippen LogP contribution is 2.27. The molecule has 0 radical (unpaired) electrons. The Hall–Kier alpha value is -2.90. The Kier molecular flexibility index (Phi) is 3.94. The number of methoxy groups -OCH3 is 1. The van der Waals surface area contributed by atoms with Crippen molar-refractivity contribution in [2.24, 2.45) is 5.10 Å². The number of ether oxygens (including phenoxy) is 1. The van der Waals surface area contributed by atoms with Gasteiger partial charge in [-0.2, -0.15) is 5.10 Å². The van der Waals surface area contributed by atoms with Gasteiger partial charge in [-0.15, -0.1) is 10.2 Å². The molecule has 1 aromatic carbocycles. The van der Waals surface area contributed by atoms with Gasteiger partial charge in [-0.3, -0.25) is 9.78 Å². The number of aromatic amines is 1. The van der Waals surface area contributed by atoms with Crippen LogP contribution in [0.1, 0.15) is 11.3 Å². The van der Waals surface area contributed by atoms with Crippen molar-refractivity contribution in [3.05, 3.63) is 39.8 Å². The third kappa shape index (κ3) is 2.91. The van der Waals surface area contributed by atoms with E-state index in [0.717, 1.165) is 0 Å². The molecule has 0 atom stereocenters. The number of nitrogens with zero attached hydrogens (tertiary/aromatic N) is 3. The molecule has 1 aromatic heterocycles. The summed E-state index contributed by atoms with van der Waals surface area (Å²) in [6.45, 7) is 1.55. The van der Waals surface area contributed by atoms with Gasteiger partial charge >= 0.3 is 0 Å². The molecule has 0 aliphatic carbocycles. The number of rotatable bonds is 4. The van der Waals surface area contributed by atoms with Gasteiger partial charge in [0, 0.05) is 5.56 Å². The van der Waals surface area contributed by atoms with E-state index in [9.17, 15) is 9.90 Å². The van der Waals surface area contributed by atoms with E-state index in [4.69, 9.17) is 4.74 Å². The maximum Gasteiger partial charge on any atom is 0.274 e. The fourth-order valence-corrected chi connectivity index (χ4v) is 1.41. The Balaban J connectivity index is 2.14. The average Bonchev–Trinajstić information content (AvgIpc) is 2.44. The number of para-hydroxylation sites is 1. The topological polar surface area (TPSA) is 112 Å². The summed E-state index contributed by atoms with van der Waals surface area (Å²) in [6, 6.07) is 5.00. The minimum atomic E-state index is -0.345. The van der Waals surface area contributed by atoms with E-state index in [1.807, 2.05) is 0 Å². The molecule has 0 fully saturated rings. The maximum absolute atomic E-state index is 11.3. The summed E-state index contributed by atoms with van der Waals surface area (Å²) >= 11 is 0. The highest BCUT2D eigenvalue weighted by Gasteiger charge is 2.04. The van der Waals surface area contributed by atoms with Crippen LogP contribution in [0.25, 0.3) is 0 Å². The van der Waals surface area contributed by atoms with Crippen molar-refractivity contribution in [1.29, 1.82) is 0 Å². The summed E-state index contributed by atoms with van der Waals surface area (Å²) in [5.41, 5.74) is 2.89. The van der Waals surface area contributed by atoms with Gasteiger partial charge < -0.3 is 9.84 Å². The Morgan fingerprint density at radius 3 is 2.95 bits per heavy atom. The van der Waals surface area contributed by atoms with Gasteiger partial charge in [-0.25, -0.2) is 5.43 Å². The number of aromatic nitrogens is 3. The molecule has 2 aromatic rings. The molecule has 0 spiro atoms. The number of aryl methyl sites for hydroxylation is 1. The molecule has 0 aliphatic heterocycles. The number of nitrogens with one attached hydrogen (secondary N) is 2. The first-order chi connectivity index (χ1) is 9.61. The van der Waals surface area contributed by atoms with Crippen LogP contribution in [0.5, 0.6) is 11.5 Å². The first kappa shape index (κ1) is 13.5. The summed E-state index contributed by atoms with van der Waals surface area (Å²) in [5.74, 6) is 0.431. The minimum Gasteiger partial charge on any atom is -0.504 e. The molecule has 3 N–H and O–H groups in total. The lowest BCUT2D eigenvalue weighted by Gasteiger charge is -2.04. The quantitative estimate of drug-likeness (QED) is 0.557. The van der Waals surface area contributed by atoms with E-state index in [-0.39, 0.29) is 23.0 Å². The first-order valence-corrected chi connectivity index (χ1v) is 5.70. The van der Waals surface area contributed by atoms with Gasteiger partial charge in [-0.05, 0) is 19.1 Å². The summed E-state index contributed by atoms with van der Waals surface area (Å²) in [6.07, 6.45) is 1.37. The zero-order chi connectivity index (χ0) is 14.5. The summed E-state index contributed by atoms with van der Waals surface area (Å²) in [4.78, 5) is 13.8. The third-order valence-electron chi connectivity index (χ3n) is 2.48. The van der Waals surface area contributed by atoms with Crippen LogP contribution in [0.15, 0.2) is 28.1 Å². The fraction of sp³-hybridized carbons (Fsp3) is 0.167. The molecule has 0 unspecified atom stereocenters. The van der Waals surface area contributed by atoms with E-state index < -0.39 is 0 Å². The standard InChI is InChI=1S/C12H13N5O3/c1-7-11(19)14-12(17-15-7)16-13-6-8-4-3-5-9(20-2)10(8)18/h3-6,18H,1-2H3,(H2,14,16,17,19)/b13-6-. The molecule has 0 amide bonds. The third-order valence-corrected chi connectivity index (χ3v) is 2.48. The van der Waals surface area contributed by atoms with Crippen molar-refractivity contribution in [2.75, 3.05) is 12.5 Å². The second kappa shape index (κ2) is 5.83. The number of phenols is 1. The monoisotopic (exact) mass is 275 g/mol. The van der Waals surface area contributed by atoms with Crippen molar-refractivity contribution in [3.8, 4) is 11.5 Å². The number of hydrazone groups is 1. The molecule has 20 heavy (non-hydrogen) atoms. The number of anilines is 1. The van der Waals surface area contributed by atoms with Gasteiger partial charge in [0.2, 0.25) is 5.95 Å². The first-order valence-electron chi connectivity index (χ1n) is 5.70. The van der Waals surface area contributed by atoms with E-state index in [0.29, 0.717) is 11.3 Å². The number of hydrogen-bond acceptors (Lipinski definition) is 7. The molecule has 8 heteroatoms.